The van der Waals surface area contributed by atoms with Crippen LogP contribution >= 0.6 is 19.6 Å². The van der Waals surface area contributed by atoms with Gasteiger partial charge in [0.1, 0.15) is 6.10 Å². The second kappa shape index (κ2) is 16.7. The molecule has 0 aliphatic rings. The number of carbonyl (C=O) groups excluding carboxylic acids is 3. The summed E-state index contributed by atoms with van der Waals surface area (Å²) in [4.78, 5) is 53.4. The number of nitrogens with one attached hydrogen (secondary N) is 2. The van der Waals surface area contributed by atoms with Gasteiger partial charge in [0.25, 0.3) is 0 Å². The maximum atomic E-state index is 12.0. The molecule has 0 spiro atoms. The van der Waals surface area contributed by atoms with Gasteiger partial charge in [-0.15, -0.1) is 0 Å². The predicted molar refractivity (Wildman–Crippen MR) is 133 cm³/mol. The molecule has 0 saturated heterocycles. The number of hydrogen-bond acceptors (Lipinski definition) is 7. The molecule has 2 amide bonds. The standard InChI is InChI=1S/C22H43N2O8PS/c1-16(2)7-6-8-17(3)9-10-19(26)34-14-13-23-18(25)11-12-24-21(28)20(27)22(4,5)15-32-33(29,30)31/h16-17,20,27H,6-15H2,1-5H3,(H,23,25)(H,24,28)(H2,29,30,31)/t17?,20-/m0/s1. The molecule has 0 bridgehead atoms. The maximum Gasteiger partial charge on any atom is 0.469 e. The predicted octanol–water partition coefficient (Wildman–Crippen LogP) is 2.61. The summed E-state index contributed by atoms with van der Waals surface area (Å²) < 4.78 is 15.2. The van der Waals surface area contributed by atoms with Gasteiger partial charge in [0.05, 0.1) is 6.61 Å². The van der Waals surface area contributed by atoms with E-state index in [-0.39, 0.29) is 24.0 Å². The molecule has 0 heterocycles. The summed E-state index contributed by atoms with van der Waals surface area (Å²) in [5.41, 5.74) is -1.25. The van der Waals surface area contributed by atoms with Crippen molar-refractivity contribution in [3.05, 3.63) is 0 Å². The topological polar surface area (TPSA) is 162 Å². The molecule has 0 rings (SSSR count). The third-order valence-corrected chi connectivity index (χ3v) is 6.65. The highest BCUT2D eigenvalue weighted by atomic mass is 32.2. The quantitative estimate of drug-likeness (QED) is 0.133. The Morgan fingerprint density at radius 1 is 1.00 bits per heavy atom. The SMILES string of the molecule is CC(C)CCCC(C)CCC(=O)SCCNC(=O)CCNC(=O)[C@H](O)C(C)(C)COP(=O)(O)O. The van der Waals surface area contributed by atoms with Gasteiger partial charge in [-0.25, -0.2) is 4.57 Å². The van der Waals surface area contributed by atoms with Crippen molar-refractivity contribution >= 4 is 36.5 Å². The van der Waals surface area contributed by atoms with E-state index in [1.54, 1.807) is 0 Å². The van der Waals surface area contributed by atoms with Crippen molar-refractivity contribution in [3.8, 4) is 0 Å². The smallest absolute Gasteiger partial charge is 0.383 e. The van der Waals surface area contributed by atoms with E-state index in [1.165, 1.54) is 38.5 Å². The first-order chi connectivity index (χ1) is 15.6. The van der Waals surface area contributed by atoms with Crippen molar-refractivity contribution in [3.63, 3.8) is 0 Å². The van der Waals surface area contributed by atoms with E-state index in [0.717, 1.165) is 12.8 Å². The zero-order valence-electron chi connectivity index (χ0n) is 21.0. The highest BCUT2D eigenvalue weighted by Gasteiger charge is 2.35. The molecule has 0 aromatic carbocycles. The first kappa shape index (κ1) is 33.0. The fourth-order valence-corrected chi connectivity index (χ4v) is 4.17. The normalized spacial score (nSPS) is 14.0. The van der Waals surface area contributed by atoms with Gasteiger partial charge < -0.3 is 25.5 Å². The van der Waals surface area contributed by atoms with E-state index < -0.39 is 31.9 Å². The van der Waals surface area contributed by atoms with Crippen molar-refractivity contribution in [1.29, 1.82) is 0 Å². The van der Waals surface area contributed by atoms with Gasteiger partial charge in [0, 0.05) is 37.1 Å². The largest absolute Gasteiger partial charge is 0.469 e. The van der Waals surface area contributed by atoms with Crippen LogP contribution in [0.15, 0.2) is 0 Å². The molecule has 2 atom stereocenters. The minimum absolute atomic E-state index is 0.00955. The second-order valence-electron chi connectivity index (χ2n) is 9.74. The highest BCUT2D eigenvalue weighted by molar-refractivity contribution is 8.13. The van der Waals surface area contributed by atoms with E-state index >= 15 is 0 Å². The van der Waals surface area contributed by atoms with Crippen LogP contribution in [0.2, 0.25) is 0 Å². The fourth-order valence-electron chi connectivity index (χ4n) is 2.98. The van der Waals surface area contributed by atoms with E-state index in [4.69, 9.17) is 9.79 Å². The molecule has 10 nitrogen and oxygen atoms in total. The van der Waals surface area contributed by atoms with Crippen LogP contribution in [0.4, 0.5) is 0 Å². The number of phosphoric acid groups is 1. The molecule has 200 valence electrons. The Kier molecular flexibility index (Phi) is 16.2. The lowest BCUT2D eigenvalue weighted by Gasteiger charge is -2.29. The van der Waals surface area contributed by atoms with Crippen LogP contribution in [0.5, 0.6) is 0 Å². The maximum absolute atomic E-state index is 12.0. The number of amides is 2. The summed E-state index contributed by atoms with van der Waals surface area (Å²) in [7, 11) is -4.72. The minimum atomic E-state index is -4.72. The van der Waals surface area contributed by atoms with Crippen molar-refractivity contribution in [1.82, 2.24) is 10.6 Å². The number of carbonyl (C=O) groups is 3. The molecule has 0 saturated carbocycles. The summed E-state index contributed by atoms with van der Waals surface area (Å²) in [6, 6.07) is 0. The average Bonchev–Trinajstić information content (AvgIpc) is 2.72. The molecular weight excluding hydrogens is 483 g/mol. The third kappa shape index (κ3) is 17.5. The number of thioether (sulfide) groups is 1. The molecule has 5 N–H and O–H groups in total. The lowest BCUT2D eigenvalue weighted by molar-refractivity contribution is -0.137. The lowest BCUT2D eigenvalue weighted by Crippen LogP contribution is -2.46. The molecule has 34 heavy (non-hydrogen) atoms. The van der Waals surface area contributed by atoms with Crippen molar-refractivity contribution in [2.24, 2.45) is 17.3 Å². The fraction of sp³-hybridized carbons (Fsp3) is 0.864. The average molecular weight is 527 g/mol. The zero-order chi connectivity index (χ0) is 26.4. The second-order valence-corrected chi connectivity index (χ2v) is 12.1. The molecule has 0 aromatic heterocycles. The van der Waals surface area contributed by atoms with Crippen molar-refractivity contribution in [2.75, 3.05) is 25.4 Å². The first-order valence-corrected chi connectivity index (χ1v) is 14.2. The molecule has 12 heteroatoms. The van der Waals surface area contributed by atoms with Crippen LogP contribution in [0.3, 0.4) is 0 Å². The van der Waals surface area contributed by atoms with E-state index in [0.29, 0.717) is 30.6 Å². The zero-order valence-corrected chi connectivity index (χ0v) is 22.8. The summed E-state index contributed by atoms with van der Waals surface area (Å²) in [6.45, 7) is 9.23. The van der Waals surface area contributed by atoms with E-state index in [1.807, 2.05) is 0 Å². The Morgan fingerprint density at radius 3 is 2.24 bits per heavy atom. The molecule has 0 radical (unpaired) electrons. The molecule has 0 fully saturated rings. The van der Waals surface area contributed by atoms with Gasteiger partial charge in [0.15, 0.2) is 5.12 Å². The van der Waals surface area contributed by atoms with Gasteiger partial charge in [0.2, 0.25) is 11.8 Å². The van der Waals surface area contributed by atoms with Crippen LogP contribution in [0.1, 0.15) is 73.1 Å². The molecule has 1 unspecified atom stereocenters. The van der Waals surface area contributed by atoms with Gasteiger partial charge in [-0.2, -0.15) is 0 Å². The van der Waals surface area contributed by atoms with Crippen LogP contribution in [-0.2, 0) is 23.5 Å². The van der Waals surface area contributed by atoms with Gasteiger partial charge in [-0.05, 0) is 18.3 Å². The van der Waals surface area contributed by atoms with E-state index in [9.17, 15) is 24.1 Å². The number of aliphatic hydroxyl groups excluding tert-OH is 1. The number of phosphoric ester groups is 1. The third-order valence-electron chi connectivity index (χ3n) is 5.25. The lowest BCUT2D eigenvalue weighted by atomic mass is 9.87. The molecule has 0 aliphatic carbocycles. The van der Waals surface area contributed by atoms with Crippen LogP contribution < -0.4 is 10.6 Å². The highest BCUT2D eigenvalue weighted by Crippen LogP contribution is 2.38. The Morgan fingerprint density at radius 2 is 1.65 bits per heavy atom. The summed E-state index contributed by atoms with van der Waals surface area (Å²) in [6.07, 6.45) is 3.36. The Bertz CT molecular complexity index is 684. The van der Waals surface area contributed by atoms with Crippen LogP contribution in [0, 0.1) is 17.3 Å². The summed E-state index contributed by atoms with van der Waals surface area (Å²) in [5.74, 6) is 0.640. The molecular formula is C22H43N2O8PS. The van der Waals surface area contributed by atoms with Crippen LogP contribution in [-0.4, -0.2) is 63.4 Å². The van der Waals surface area contributed by atoms with Gasteiger partial charge in [-0.1, -0.05) is 65.6 Å². The number of aliphatic hydroxyl groups is 1. The Hall–Kier alpha value is -0.970. The summed E-state index contributed by atoms with van der Waals surface area (Å²) in [5, 5.41) is 15.3. The van der Waals surface area contributed by atoms with Gasteiger partial charge >= 0.3 is 7.82 Å². The van der Waals surface area contributed by atoms with Crippen LogP contribution in [0.25, 0.3) is 0 Å². The summed E-state index contributed by atoms with van der Waals surface area (Å²) >= 11 is 1.21. The van der Waals surface area contributed by atoms with Crippen molar-refractivity contribution in [2.45, 2.75) is 79.2 Å². The number of rotatable bonds is 18. The Labute approximate surface area is 207 Å². The monoisotopic (exact) mass is 526 g/mol. The molecule has 0 aromatic rings. The minimum Gasteiger partial charge on any atom is -0.383 e. The van der Waals surface area contributed by atoms with Crippen molar-refractivity contribution < 1.29 is 38.4 Å². The first-order valence-electron chi connectivity index (χ1n) is 11.7. The van der Waals surface area contributed by atoms with E-state index in [2.05, 4.69) is 35.9 Å². The Balaban J connectivity index is 3.97. The van der Waals surface area contributed by atoms with Gasteiger partial charge in [-0.3, -0.25) is 18.9 Å². The molecule has 0 aliphatic heterocycles. The number of hydrogen-bond donors (Lipinski definition) is 5.